The fourth-order valence-corrected chi connectivity index (χ4v) is 1.91. The van der Waals surface area contributed by atoms with E-state index in [0.717, 1.165) is 0 Å². The van der Waals surface area contributed by atoms with Gasteiger partial charge in [-0.3, -0.25) is 4.79 Å². The summed E-state index contributed by atoms with van der Waals surface area (Å²) in [6.07, 6.45) is 2.18. The lowest BCUT2D eigenvalue weighted by atomic mass is 10.0. The van der Waals surface area contributed by atoms with Crippen molar-refractivity contribution in [2.24, 2.45) is 11.7 Å². The largest absolute Gasteiger partial charge is 0.480 e. The van der Waals surface area contributed by atoms with E-state index in [9.17, 15) is 14.4 Å². The number of nitrogens with one attached hydrogen (secondary N) is 2. The van der Waals surface area contributed by atoms with Gasteiger partial charge in [0.15, 0.2) is 0 Å². The van der Waals surface area contributed by atoms with Gasteiger partial charge in [-0.1, -0.05) is 13.8 Å². The normalized spacial score (nSPS) is 13.7. The number of hydrogen-bond acceptors (Lipinski definition) is 4. The molecule has 0 aliphatic rings. The van der Waals surface area contributed by atoms with Crippen LogP contribution < -0.4 is 16.4 Å². The summed E-state index contributed by atoms with van der Waals surface area (Å²) in [5, 5.41) is 13.7. The highest BCUT2D eigenvalue weighted by atomic mass is 32.2. The molecule has 0 heterocycles. The van der Waals surface area contributed by atoms with Crippen molar-refractivity contribution in [3.05, 3.63) is 0 Å². The van der Waals surface area contributed by atoms with Gasteiger partial charge in [-0.25, -0.2) is 9.59 Å². The second kappa shape index (κ2) is 8.63. The summed E-state index contributed by atoms with van der Waals surface area (Å²) in [4.78, 5) is 33.8. The van der Waals surface area contributed by atoms with Crippen molar-refractivity contribution in [3.8, 4) is 0 Å². The van der Waals surface area contributed by atoms with Crippen molar-refractivity contribution >= 4 is 29.7 Å². The van der Waals surface area contributed by atoms with E-state index in [2.05, 4.69) is 10.6 Å². The van der Waals surface area contributed by atoms with E-state index in [-0.39, 0.29) is 5.92 Å². The average Bonchev–Trinajstić information content (AvgIpc) is 2.30. The zero-order chi connectivity index (χ0) is 15.0. The zero-order valence-electron chi connectivity index (χ0n) is 11.3. The van der Waals surface area contributed by atoms with Gasteiger partial charge in [0.25, 0.3) is 0 Å². The van der Waals surface area contributed by atoms with Crippen LogP contribution in [0.5, 0.6) is 0 Å². The molecule has 8 heteroatoms. The zero-order valence-corrected chi connectivity index (χ0v) is 12.1. The Morgan fingerprint density at radius 3 is 2.21 bits per heavy atom. The Kier molecular flexibility index (Phi) is 7.97. The van der Waals surface area contributed by atoms with Gasteiger partial charge in [0.1, 0.15) is 12.1 Å². The summed E-state index contributed by atoms with van der Waals surface area (Å²) in [6.45, 7) is 3.47. The number of thioether (sulfide) groups is 1. The van der Waals surface area contributed by atoms with Gasteiger partial charge < -0.3 is 21.5 Å². The fraction of sp³-hybridized carbons (Fsp3) is 0.727. The maximum Gasteiger partial charge on any atom is 0.326 e. The van der Waals surface area contributed by atoms with Crippen LogP contribution in [0.4, 0.5) is 4.79 Å². The minimum atomic E-state index is -1.09. The Morgan fingerprint density at radius 2 is 1.84 bits per heavy atom. The first-order chi connectivity index (χ1) is 8.79. The number of nitrogens with two attached hydrogens (primary N) is 1. The molecular weight excluding hydrogens is 270 g/mol. The van der Waals surface area contributed by atoms with Gasteiger partial charge in [0.2, 0.25) is 5.91 Å². The van der Waals surface area contributed by atoms with Gasteiger partial charge in [-0.05, 0) is 24.3 Å². The molecule has 0 saturated carbocycles. The molecule has 0 aromatic carbocycles. The highest BCUT2D eigenvalue weighted by Crippen LogP contribution is 2.05. The first-order valence-corrected chi connectivity index (χ1v) is 7.27. The van der Waals surface area contributed by atoms with Crippen molar-refractivity contribution in [1.82, 2.24) is 10.6 Å². The topological polar surface area (TPSA) is 122 Å². The highest BCUT2D eigenvalue weighted by molar-refractivity contribution is 7.98. The second-order valence-electron chi connectivity index (χ2n) is 4.41. The minimum absolute atomic E-state index is 0.192. The lowest BCUT2D eigenvalue weighted by molar-refractivity contribution is -0.142. The second-order valence-corrected chi connectivity index (χ2v) is 5.40. The van der Waals surface area contributed by atoms with Gasteiger partial charge in [0, 0.05) is 0 Å². The summed E-state index contributed by atoms with van der Waals surface area (Å²) >= 11 is 1.50. The standard InChI is InChI=1S/C11H21N3O4S/c1-6(2)8(14-11(12)18)9(15)13-7(10(16)17)4-5-19-3/h6-8H,4-5H2,1-3H3,(H,13,15)(H,16,17)(H3,12,14,18)/t7-,8?/m0/s1. The predicted molar refractivity (Wildman–Crippen MR) is 73.9 cm³/mol. The molecule has 0 spiro atoms. The van der Waals surface area contributed by atoms with Crippen LogP contribution in [0.25, 0.3) is 0 Å². The molecule has 0 aliphatic carbocycles. The van der Waals surface area contributed by atoms with Crippen LogP contribution in [0.3, 0.4) is 0 Å². The Labute approximate surface area is 116 Å². The molecule has 5 N–H and O–H groups in total. The van der Waals surface area contributed by atoms with Gasteiger partial charge in [-0.2, -0.15) is 11.8 Å². The minimum Gasteiger partial charge on any atom is -0.480 e. The number of carboxylic acid groups (broad SMARTS) is 1. The third kappa shape index (κ3) is 6.90. The summed E-state index contributed by atoms with van der Waals surface area (Å²) in [7, 11) is 0. The molecule has 3 amide bonds. The molecule has 0 fully saturated rings. The number of urea groups is 1. The lowest BCUT2D eigenvalue weighted by Gasteiger charge is -2.23. The van der Waals surface area contributed by atoms with E-state index in [1.807, 2.05) is 6.26 Å². The molecule has 0 aromatic heterocycles. The van der Waals surface area contributed by atoms with Gasteiger partial charge in [0.05, 0.1) is 0 Å². The summed E-state index contributed by atoms with van der Waals surface area (Å²) in [5.41, 5.74) is 4.99. The number of carbonyl (C=O) groups is 3. The average molecular weight is 291 g/mol. The lowest BCUT2D eigenvalue weighted by Crippen LogP contribution is -2.54. The predicted octanol–water partition coefficient (Wildman–Crippen LogP) is 0.00180. The van der Waals surface area contributed by atoms with Crippen molar-refractivity contribution < 1.29 is 19.5 Å². The number of primary amides is 1. The van der Waals surface area contributed by atoms with Crippen LogP contribution in [0.2, 0.25) is 0 Å². The van der Waals surface area contributed by atoms with E-state index >= 15 is 0 Å². The molecule has 19 heavy (non-hydrogen) atoms. The molecular formula is C11H21N3O4S. The third-order valence-corrected chi connectivity index (χ3v) is 3.12. The molecule has 0 bridgehead atoms. The van der Waals surface area contributed by atoms with Crippen LogP contribution in [0.15, 0.2) is 0 Å². The quantitative estimate of drug-likeness (QED) is 0.501. The molecule has 2 atom stereocenters. The van der Waals surface area contributed by atoms with Crippen molar-refractivity contribution in [1.29, 1.82) is 0 Å². The number of rotatable bonds is 8. The van der Waals surface area contributed by atoms with Crippen LogP contribution in [0, 0.1) is 5.92 Å². The van der Waals surface area contributed by atoms with Crippen LogP contribution in [-0.4, -0.2) is 47.1 Å². The number of hydrogen-bond donors (Lipinski definition) is 4. The first-order valence-electron chi connectivity index (χ1n) is 5.87. The van der Waals surface area contributed by atoms with Crippen molar-refractivity contribution in [2.45, 2.75) is 32.4 Å². The Balaban J connectivity index is 4.65. The molecule has 0 rings (SSSR count). The third-order valence-electron chi connectivity index (χ3n) is 2.47. The summed E-state index contributed by atoms with van der Waals surface area (Å²) < 4.78 is 0. The van der Waals surface area contributed by atoms with Crippen LogP contribution in [0.1, 0.15) is 20.3 Å². The van der Waals surface area contributed by atoms with E-state index in [1.165, 1.54) is 11.8 Å². The van der Waals surface area contributed by atoms with Crippen molar-refractivity contribution in [3.63, 3.8) is 0 Å². The number of carbonyl (C=O) groups excluding carboxylic acids is 2. The maximum atomic E-state index is 11.9. The van der Waals surface area contributed by atoms with E-state index in [0.29, 0.717) is 12.2 Å². The SMILES string of the molecule is CSCC[C@H](NC(=O)C(NC(N)=O)C(C)C)C(=O)O. The molecule has 0 radical (unpaired) electrons. The molecule has 0 saturated heterocycles. The highest BCUT2D eigenvalue weighted by Gasteiger charge is 2.27. The Hall–Kier alpha value is -1.44. The molecule has 7 nitrogen and oxygen atoms in total. The van der Waals surface area contributed by atoms with Crippen LogP contribution in [-0.2, 0) is 9.59 Å². The number of aliphatic carboxylic acids is 1. The van der Waals surface area contributed by atoms with E-state index in [1.54, 1.807) is 13.8 Å². The smallest absolute Gasteiger partial charge is 0.326 e. The van der Waals surface area contributed by atoms with Gasteiger partial charge >= 0.3 is 12.0 Å². The number of amides is 3. The van der Waals surface area contributed by atoms with Gasteiger partial charge in [-0.15, -0.1) is 0 Å². The molecule has 1 unspecified atom stereocenters. The Bertz CT molecular complexity index is 336. The Morgan fingerprint density at radius 1 is 1.26 bits per heavy atom. The fourth-order valence-electron chi connectivity index (χ4n) is 1.44. The van der Waals surface area contributed by atoms with Crippen LogP contribution >= 0.6 is 11.8 Å². The molecule has 110 valence electrons. The number of carboxylic acids is 1. The monoisotopic (exact) mass is 291 g/mol. The summed E-state index contributed by atoms with van der Waals surface area (Å²) in [5.74, 6) is -1.21. The van der Waals surface area contributed by atoms with E-state index in [4.69, 9.17) is 10.8 Å². The van der Waals surface area contributed by atoms with E-state index < -0.39 is 30.0 Å². The first kappa shape index (κ1) is 17.6. The molecule has 0 aliphatic heterocycles. The molecule has 0 aromatic rings. The summed E-state index contributed by atoms with van der Waals surface area (Å²) in [6, 6.07) is -2.62. The maximum absolute atomic E-state index is 11.9. The van der Waals surface area contributed by atoms with Crippen molar-refractivity contribution in [2.75, 3.05) is 12.0 Å².